The minimum absolute atomic E-state index is 0.0503. The molecule has 0 aliphatic heterocycles. The van der Waals surface area contributed by atoms with E-state index in [1.54, 1.807) is 6.92 Å². The van der Waals surface area contributed by atoms with E-state index in [2.05, 4.69) is 5.32 Å². The molecule has 1 aromatic rings. The zero-order chi connectivity index (χ0) is 16.8. The Hall–Kier alpha value is -1.62. The van der Waals surface area contributed by atoms with E-state index >= 15 is 0 Å². The van der Waals surface area contributed by atoms with Gasteiger partial charge in [0, 0.05) is 18.4 Å². The van der Waals surface area contributed by atoms with Gasteiger partial charge in [0.15, 0.2) is 11.5 Å². The van der Waals surface area contributed by atoms with Gasteiger partial charge in [0.05, 0.1) is 17.7 Å². The van der Waals surface area contributed by atoms with Crippen LogP contribution in [-0.2, 0) is 6.42 Å². The summed E-state index contributed by atoms with van der Waals surface area (Å²) in [5.74, 6) is 0.576. The standard InChI is InChI=1S/C18H25NO4/c1-11-14-12(21)8-17(2,3)9-13(14)23-15(11)16(22)19-18(10-20)6-4-5-7-18/h20H,4-10H2,1-3H3,(H,19,22). The molecule has 3 rings (SSSR count). The number of Topliss-reactive ketones (excluding diaryl/α,β-unsaturated/α-hetero) is 1. The Morgan fingerprint density at radius 1 is 1.26 bits per heavy atom. The highest BCUT2D eigenvalue weighted by molar-refractivity contribution is 6.03. The topological polar surface area (TPSA) is 79.5 Å². The highest BCUT2D eigenvalue weighted by Crippen LogP contribution is 2.38. The maximum absolute atomic E-state index is 12.6. The van der Waals surface area contributed by atoms with Gasteiger partial charge in [-0.2, -0.15) is 0 Å². The van der Waals surface area contributed by atoms with Gasteiger partial charge in [-0.1, -0.05) is 26.7 Å². The van der Waals surface area contributed by atoms with Gasteiger partial charge in [0.1, 0.15) is 5.76 Å². The summed E-state index contributed by atoms with van der Waals surface area (Å²) < 4.78 is 5.79. The first-order chi connectivity index (χ1) is 10.8. The molecule has 1 heterocycles. The number of aliphatic hydroxyl groups excluding tert-OH is 1. The van der Waals surface area contributed by atoms with Crippen LogP contribution < -0.4 is 5.32 Å². The van der Waals surface area contributed by atoms with E-state index in [0.29, 0.717) is 29.7 Å². The number of aliphatic hydroxyl groups is 1. The minimum atomic E-state index is -0.542. The zero-order valence-electron chi connectivity index (χ0n) is 14.1. The van der Waals surface area contributed by atoms with Crippen LogP contribution in [0.15, 0.2) is 4.42 Å². The number of rotatable bonds is 3. The number of carbonyl (C=O) groups is 2. The van der Waals surface area contributed by atoms with Crippen molar-refractivity contribution in [2.75, 3.05) is 6.61 Å². The van der Waals surface area contributed by atoms with E-state index in [1.165, 1.54) is 0 Å². The molecule has 1 fully saturated rings. The van der Waals surface area contributed by atoms with Crippen molar-refractivity contribution in [3.63, 3.8) is 0 Å². The third-order valence-corrected chi connectivity index (χ3v) is 5.23. The Morgan fingerprint density at radius 3 is 2.52 bits per heavy atom. The monoisotopic (exact) mass is 319 g/mol. The Kier molecular flexibility index (Phi) is 3.87. The third-order valence-electron chi connectivity index (χ3n) is 5.23. The van der Waals surface area contributed by atoms with Gasteiger partial charge in [-0.3, -0.25) is 9.59 Å². The van der Waals surface area contributed by atoms with Gasteiger partial charge in [-0.15, -0.1) is 0 Å². The average molecular weight is 319 g/mol. The fourth-order valence-corrected chi connectivity index (χ4v) is 3.97. The van der Waals surface area contributed by atoms with Crippen molar-refractivity contribution in [1.29, 1.82) is 0 Å². The lowest BCUT2D eigenvalue weighted by Crippen LogP contribution is -2.49. The summed E-state index contributed by atoms with van der Waals surface area (Å²) in [7, 11) is 0. The molecule has 23 heavy (non-hydrogen) atoms. The minimum Gasteiger partial charge on any atom is -0.455 e. The van der Waals surface area contributed by atoms with Gasteiger partial charge in [0.2, 0.25) is 0 Å². The number of furan rings is 1. The largest absolute Gasteiger partial charge is 0.455 e. The Morgan fingerprint density at radius 2 is 1.91 bits per heavy atom. The van der Waals surface area contributed by atoms with Crippen LogP contribution >= 0.6 is 0 Å². The van der Waals surface area contributed by atoms with E-state index in [1.807, 2.05) is 13.8 Å². The summed E-state index contributed by atoms with van der Waals surface area (Å²) >= 11 is 0. The van der Waals surface area contributed by atoms with Gasteiger partial charge in [-0.05, 0) is 25.2 Å². The average Bonchev–Trinajstić information content (AvgIpc) is 3.03. The fraction of sp³-hybridized carbons (Fsp3) is 0.667. The highest BCUT2D eigenvalue weighted by atomic mass is 16.4. The molecule has 126 valence electrons. The molecule has 1 amide bonds. The quantitative estimate of drug-likeness (QED) is 0.898. The smallest absolute Gasteiger partial charge is 0.287 e. The molecule has 0 aromatic carbocycles. The summed E-state index contributed by atoms with van der Waals surface area (Å²) in [5.41, 5.74) is 0.531. The first kappa shape index (κ1) is 16.2. The lowest BCUT2D eigenvalue weighted by Gasteiger charge is -2.27. The third kappa shape index (κ3) is 2.82. The zero-order valence-corrected chi connectivity index (χ0v) is 14.1. The van der Waals surface area contributed by atoms with E-state index in [9.17, 15) is 14.7 Å². The normalized spacial score (nSPS) is 22.0. The van der Waals surface area contributed by atoms with Crippen molar-refractivity contribution in [3.05, 3.63) is 22.6 Å². The van der Waals surface area contributed by atoms with Gasteiger partial charge < -0.3 is 14.8 Å². The second-order valence-electron chi connectivity index (χ2n) is 7.89. The molecule has 2 aliphatic rings. The number of amides is 1. The fourth-order valence-electron chi connectivity index (χ4n) is 3.97. The first-order valence-electron chi connectivity index (χ1n) is 8.36. The Labute approximate surface area is 136 Å². The summed E-state index contributed by atoms with van der Waals surface area (Å²) in [5, 5.41) is 12.6. The number of nitrogens with one attached hydrogen (secondary N) is 1. The summed E-state index contributed by atoms with van der Waals surface area (Å²) in [6.45, 7) is 5.77. The lowest BCUT2D eigenvalue weighted by atomic mass is 9.76. The van der Waals surface area contributed by atoms with E-state index in [0.717, 1.165) is 25.7 Å². The summed E-state index contributed by atoms with van der Waals surface area (Å²) in [6, 6.07) is 0. The predicted molar refractivity (Wildman–Crippen MR) is 85.6 cm³/mol. The van der Waals surface area contributed by atoms with E-state index < -0.39 is 5.54 Å². The van der Waals surface area contributed by atoms with Crippen molar-refractivity contribution < 1.29 is 19.1 Å². The van der Waals surface area contributed by atoms with Crippen LogP contribution in [0.3, 0.4) is 0 Å². The number of ketones is 1. The molecule has 2 aliphatic carbocycles. The van der Waals surface area contributed by atoms with Crippen molar-refractivity contribution in [3.8, 4) is 0 Å². The molecule has 0 atom stereocenters. The van der Waals surface area contributed by atoms with Gasteiger partial charge in [-0.25, -0.2) is 0 Å². The molecule has 5 nitrogen and oxygen atoms in total. The van der Waals surface area contributed by atoms with Crippen LogP contribution in [-0.4, -0.2) is 28.9 Å². The maximum Gasteiger partial charge on any atom is 0.287 e. The van der Waals surface area contributed by atoms with Crippen molar-refractivity contribution in [1.82, 2.24) is 5.32 Å². The number of fused-ring (bicyclic) bond motifs is 1. The predicted octanol–water partition coefficient (Wildman–Crippen LogP) is 2.78. The number of hydrogen-bond donors (Lipinski definition) is 2. The molecule has 0 spiro atoms. The van der Waals surface area contributed by atoms with Crippen LogP contribution in [0.2, 0.25) is 0 Å². The molecule has 5 heteroatoms. The maximum atomic E-state index is 12.6. The van der Waals surface area contributed by atoms with Crippen LogP contribution in [0.4, 0.5) is 0 Å². The van der Waals surface area contributed by atoms with Crippen LogP contribution in [0.25, 0.3) is 0 Å². The highest BCUT2D eigenvalue weighted by Gasteiger charge is 2.39. The molecule has 1 saturated carbocycles. The number of hydrogen-bond acceptors (Lipinski definition) is 4. The summed E-state index contributed by atoms with van der Waals surface area (Å²) in [6.07, 6.45) is 4.69. The SMILES string of the molecule is Cc1c(C(=O)NC2(CO)CCCC2)oc2c1C(=O)CC(C)(C)C2. The second-order valence-corrected chi connectivity index (χ2v) is 7.89. The molecule has 0 bridgehead atoms. The molecular weight excluding hydrogens is 294 g/mol. The second kappa shape index (κ2) is 5.48. The van der Waals surface area contributed by atoms with Crippen LogP contribution in [0.5, 0.6) is 0 Å². The first-order valence-corrected chi connectivity index (χ1v) is 8.36. The van der Waals surface area contributed by atoms with Gasteiger partial charge in [0.25, 0.3) is 5.91 Å². The van der Waals surface area contributed by atoms with Crippen molar-refractivity contribution >= 4 is 11.7 Å². The van der Waals surface area contributed by atoms with Crippen LogP contribution in [0.1, 0.15) is 78.2 Å². The molecule has 1 aromatic heterocycles. The van der Waals surface area contributed by atoms with Crippen molar-refractivity contribution in [2.45, 2.75) is 64.8 Å². The molecular formula is C18H25NO4. The molecule has 0 unspecified atom stereocenters. The van der Waals surface area contributed by atoms with Gasteiger partial charge >= 0.3 is 0 Å². The van der Waals surface area contributed by atoms with E-state index in [4.69, 9.17) is 4.42 Å². The molecule has 2 N–H and O–H groups in total. The summed E-state index contributed by atoms with van der Waals surface area (Å²) in [4.78, 5) is 25.0. The Balaban J connectivity index is 1.90. The number of carbonyl (C=O) groups excluding carboxylic acids is 2. The lowest BCUT2D eigenvalue weighted by molar-refractivity contribution is 0.0803. The Bertz CT molecular complexity index is 650. The van der Waals surface area contributed by atoms with Crippen LogP contribution in [0, 0.1) is 12.3 Å². The van der Waals surface area contributed by atoms with E-state index in [-0.39, 0.29) is 29.5 Å². The van der Waals surface area contributed by atoms with Crippen molar-refractivity contribution in [2.24, 2.45) is 5.41 Å². The molecule has 0 saturated heterocycles. The molecule has 0 radical (unpaired) electrons.